The van der Waals surface area contributed by atoms with Crippen molar-refractivity contribution in [2.75, 3.05) is 0 Å². The van der Waals surface area contributed by atoms with Crippen LogP contribution in [0, 0.1) is 12.3 Å². The zero-order chi connectivity index (χ0) is 9.26. The Balaban J connectivity index is 2.89. The van der Waals surface area contributed by atoms with Crippen LogP contribution >= 0.6 is 0 Å². The van der Waals surface area contributed by atoms with Crippen LogP contribution in [-0.4, -0.2) is 4.98 Å². The largest absolute Gasteiger partial charge is 0.410 e. The lowest BCUT2D eigenvalue weighted by Crippen LogP contribution is -1.82. The van der Waals surface area contributed by atoms with Gasteiger partial charge in [-0.3, -0.25) is 0 Å². The molecular formula is C10H8N3+. The van der Waals surface area contributed by atoms with E-state index < -0.39 is 0 Å². The highest BCUT2D eigenvalue weighted by Gasteiger charge is 2.11. The maximum Gasteiger partial charge on any atom is 0.410 e. The first kappa shape index (κ1) is 7.69. The summed E-state index contributed by atoms with van der Waals surface area (Å²) in [5.74, 6) is 0. The number of rotatable bonds is 0. The third kappa shape index (κ3) is 1.23. The number of fused-ring (bicyclic) bond motifs is 1. The summed E-state index contributed by atoms with van der Waals surface area (Å²) >= 11 is 0. The number of para-hydroxylation sites is 1. The third-order valence-corrected chi connectivity index (χ3v) is 1.95. The molecule has 2 aromatic rings. The summed E-state index contributed by atoms with van der Waals surface area (Å²) in [4.78, 5) is 7.47. The number of benzene rings is 1. The molecule has 3 heteroatoms. The molecule has 0 atom stereocenters. The van der Waals surface area contributed by atoms with Crippen molar-refractivity contribution >= 4 is 16.6 Å². The van der Waals surface area contributed by atoms with E-state index in [0.29, 0.717) is 5.69 Å². The topological polar surface area (TPSA) is 41.0 Å². The lowest BCUT2D eigenvalue weighted by atomic mass is 10.2. The van der Waals surface area contributed by atoms with Gasteiger partial charge < -0.3 is 0 Å². The van der Waals surface area contributed by atoms with Gasteiger partial charge in [0.1, 0.15) is 0 Å². The van der Waals surface area contributed by atoms with Crippen molar-refractivity contribution in [1.29, 1.82) is 5.39 Å². The predicted molar refractivity (Wildman–Crippen MR) is 51.2 cm³/mol. The van der Waals surface area contributed by atoms with E-state index in [1.54, 1.807) is 6.07 Å². The molecule has 62 valence electrons. The molecule has 0 aliphatic carbocycles. The van der Waals surface area contributed by atoms with Crippen LogP contribution in [0.1, 0.15) is 5.69 Å². The summed E-state index contributed by atoms with van der Waals surface area (Å²) in [5, 5.41) is 9.70. The molecule has 1 heterocycles. The van der Waals surface area contributed by atoms with Gasteiger partial charge >= 0.3 is 5.69 Å². The Morgan fingerprint density at radius 3 is 2.85 bits per heavy atom. The molecule has 0 saturated carbocycles. The lowest BCUT2D eigenvalue weighted by molar-refractivity contribution is 1.26. The Labute approximate surface area is 75.7 Å². The van der Waals surface area contributed by atoms with E-state index in [-0.39, 0.29) is 0 Å². The quantitative estimate of drug-likeness (QED) is 0.570. The second-order valence-corrected chi connectivity index (χ2v) is 2.90. The van der Waals surface area contributed by atoms with Gasteiger partial charge in [-0.1, -0.05) is 18.2 Å². The number of hydrogen-bond donors (Lipinski definition) is 0. The van der Waals surface area contributed by atoms with Crippen LogP contribution < -0.4 is 0 Å². The van der Waals surface area contributed by atoms with Crippen LogP contribution in [0.15, 0.2) is 30.3 Å². The molecule has 1 aromatic heterocycles. The van der Waals surface area contributed by atoms with Crippen LogP contribution in [-0.2, 0) is 0 Å². The van der Waals surface area contributed by atoms with Crippen molar-refractivity contribution in [3.8, 4) is 0 Å². The summed E-state index contributed by atoms with van der Waals surface area (Å²) in [5.41, 5.74) is 2.18. The minimum atomic E-state index is 0.515. The van der Waals surface area contributed by atoms with Crippen LogP contribution in [0.5, 0.6) is 0 Å². The highest BCUT2D eigenvalue weighted by Crippen LogP contribution is 2.23. The number of aromatic nitrogens is 1. The summed E-state index contributed by atoms with van der Waals surface area (Å²) in [6.07, 6.45) is 0. The fourth-order valence-electron chi connectivity index (χ4n) is 1.31. The lowest BCUT2D eigenvalue weighted by Gasteiger charge is -1.94. The molecule has 0 radical (unpaired) electrons. The van der Waals surface area contributed by atoms with Gasteiger partial charge in [0.15, 0.2) is 10.5 Å². The molecule has 0 amide bonds. The molecule has 0 saturated heterocycles. The molecule has 2 rings (SSSR count). The van der Waals surface area contributed by atoms with Crippen LogP contribution in [0.4, 0.5) is 5.69 Å². The first-order chi connectivity index (χ1) is 6.31. The molecule has 0 aliphatic rings. The van der Waals surface area contributed by atoms with Crippen molar-refractivity contribution in [1.82, 2.24) is 4.98 Å². The number of hydrogen-bond acceptors (Lipinski definition) is 2. The van der Waals surface area contributed by atoms with Gasteiger partial charge in [-0.15, -0.1) is 0 Å². The minimum Gasteiger partial charge on any atom is -0.245 e. The second-order valence-electron chi connectivity index (χ2n) is 2.90. The molecule has 0 aliphatic heterocycles. The molecule has 0 N–H and O–H groups in total. The molecule has 0 unspecified atom stereocenters. The molecule has 0 fully saturated rings. The van der Waals surface area contributed by atoms with Crippen LogP contribution in [0.2, 0.25) is 0 Å². The number of diazo groups is 1. The molecule has 0 bridgehead atoms. The fraction of sp³-hybridized carbons (Fsp3) is 0.100. The average molecular weight is 170 g/mol. The van der Waals surface area contributed by atoms with E-state index in [4.69, 9.17) is 5.39 Å². The summed E-state index contributed by atoms with van der Waals surface area (Å²) < 4.78 is 0. The van der Waals surface area contributed by atoms with Crippen molar-refractivity contribution in [3.63, 3.8) is 0 Å². The van der Waals surface area contributed by atoms with E-state index in [1.807, 2.05) is 31.2 Å². The van der Waals surface area contributed by atoms with Crippen LogP contribution in [0.3, 0.4) is 0 Å². The summed E-state index contributed by atoms with van der Waals surface area (Å²) in [7, 11) is 0. The Bertz CT molecular complexity index is 497. The Morgan fingerprint density at radius 1 is 1.23 bits per heavy atom. The zero-order valence-electron chi connectivity index (χ0n) is 7.23. The number of aryl methyl sites for hydroxylation is 1. The van der Waals surface area contributed by atoms with Crippen molar-refractivity contribution in [3.05, 3.63) is 41.0 Å². The van der Waals surface area contributed by atoms with Gasteiger partial charge in [0.2, 0.25) is 5.39 Å². The minimum absolute atomic E-state index is 0.515. The maximum atomic E-state index is 8.71. The van der Waals surface area contributed by atoms with Crippen molar-refractivity contribution < 1.29 is 0 Å². The van der Waals surface area contributed by atoms with Gasteiger partial charge in [0, 0.05) is 17.1 Å². The van der Waals surface area contributed by atoms with Crippen LogP contribution in [0.25, 0.3) is 15.9 Å². The molecule has 1 aromatic carbocycles. The number of nitrogens with zero attached hydrogens (tertiary/aromatic N) is 3. The average Bonchev–Trinajstić information content (AvgIpc) is 2.17. The highest BCUT2D eigenvalue weighted by molar-refractivity contribution is 5.90. The van der Waals surface area contributed by atoms with Crippen molar-refractivity contribution in [2.24, 2.45) is 0 Å². The Morgan fingerprint density at radius 2 is 2.08 bits per heavy atom. The maximum absolute atomic E-state index is 8.71. The molecule has 3 nitrogen and oxygen atoms in total. The zero-order valence-corrected chi connectivity index (χ0v) is 7.23. The van der Waals surface area contributed by atoms with E-state index >= 15 is 0 Å². The Kier molecular flexibility index (Phi) is 1.67. The molecular weight excluding hydrogens is 162 g/mol. The third-order valence-electron chi connectivity index (χ3n) is 1.95. The summed E-state index contributed by atoms with van der Waals surface area (Å²) in [6, 6.07) is 9.41. The van der Waals surface area contributed by atoms with Gasteiger partial charge in [0.25, 0.3) is 0 Å². The second kappa shape index (κ2) is 2.83. The molecule has 13 heavy (non-hydrogen) atoms. The smallest absolute Gasteiger partial charge is 0.245 e. The summed E-state index contributed by atoms with van der Waals surface area (Å²) in [6.45, 7) is 1.91. The predicted octanol–water partition coefficient (Wildman–Crippen LogP) is 3.03. The first-order valence-corrected chi connectivity index (χ1v) is 4.03. The van der Waals surface area contributed by atoms with Gasteiger partial charge in [-0.2, -0.15) is 0 Å². The van der Waals surface area contributed by atoms with Gasteiger partial charge in [-0.25, -0.2) is 4.98 Å². The van der Waals surface area contributed by atoms with E-state index in [1.165, 1.54) is 0 Å². The van der Waals surface area contributed by atoms with Crippen molar-refractivity contribution in [2.45, 2.75) is 6.92 Å². The monoisotopic (exact) mass is 170 g/mol. The van der Waals surface area contributed by atoms with Gasteiger partial charge in [-0.05, 0) is 13.0 Å². The SMILES string of the molecule is Cc1ccc2cccc([N+]#N)c2n1. The normalized spacial score (nSPS) is 9.85. The standard InChI is InChI=1S/C10H8N3/c1-7-5-6-8-3-2-4-9(13-11)10(8)12-7/h2-6H,1H3/q+1. The highest BCUT2D eigenvalue weighted by atomic mass is 14.9. The van der Waals surface area contributed by atoms with E-state index in [2.05, 4.69) is 9.96 Å². The van der Waals surface area contributed by atoms with E-state index in [0.717, 1.165) is 16.6 Å². The Hall–Kier alpha value is -1.95. The first-order valence-electron chi connectivity index (χ1n) is 4.03. The fourth-order valence-corrected chi connectivity index (χ4v) is 1.31. The van der Waals surface area contributed by atoms with E-state index in [9.17, 15) is 0 Å². The molecule has 0 spiro atoms. The van der Waals surface area contributed by atoms with Gasteiger partial charge in [0.05, 0.1) is 0 Å². The number of pyridine rings is 1.